The molecule has 2 amide bonds. The Morgan fingerprint density at radius 1 is 1.16 bits per heavy atom. The summed E-state index contributed by atoms with van der Waals surface area (Å²) in [6, 6.07) is 6.30. The van der Waals surface area contributed by atoms with Crippen molar-refractivity contribution in [3.05, 3.63) is 35.4 Å². The Labute approximate surface area is 112 Å². The van der Waals surface area contributed by atoms with Gasteiger partial charge >= 0.3 is 12.0 Å². The summed E-state index contributed by atoms with van der Waals surface area (Å²) >= 11 is 0. The van der Waals surface area contributed by atoms with Crippen LogP contribution in [0.15, 0.2) is 24.3 Å². The minimum absolute atomic E-state index is 0.172. The van der Waals surface area contributed by atoms with Gasteiger partial charge in [-0.1, -0.05) is 18.6 Å². The van der Waals surface area contributed by atoms with Crippen LogP contribution in [-0.2, 0) is 6.54 Å². The van der Waals surface area contributed by atoms with Crippen LogP contribution in [0, 0.1) is 5.92 Å². The number of amides is 2. The predicted octanol–water partition coefficient (Wildman–Crippen LogP) is 1.98. The molecular formula is C14H18N2O3. The van der Waals surface area contributed by atoms with E-state index in [1.165, 1.54) is 31.4 Å². The summed E-state index contributed by atoms with van der Waals surface area (Å²) in [5, 5.41) is 14.4. The van der Waals surface area contributed by atoms with E-state index in [1.54, 1.807) is 12.1 Å². The molecule has 1 aliphatic carbocycles. The summed E-state index contributed by atoms with van der Waals surface area (Å²) in [7, 11) is 0. The second kappa shape index (κ2) is 6.22. The smallest absolute Gasteiger partial charge is 0.335 e. The maximum atomic E-state index is 11.5. The lowest BCUT2D eigenvalue weighted by Gasteiger charge is -2.25. The summed E-state index contributed by atoms with van der Waals surface area (Å²) in [5.41, 5.74) is 1.13. The molecule has 5 nitrogen and oxygen atoms in total. The minimum atomic E-state index is -0.947. The number of carboxylic acid groups (broad SMARTS) is 1. The van der Waals surface area contributed by atoms with E-state index in [9.17, 15) is 9.59 Å². The number of carboxylic acids is 1. The monoisotopic (exact) mass is 262 g/mol. The van der Waals surface area contributed by atoms with Crippen molar-refractivity contribution in [3.63, 3.8) is 0 Å². The molecule has 1 aromatic rings. The SMILES string of the molecule is O=C(NCc1ccc(C(=O)O)cc1)NCC1CCC1. The fourth-order valence-corrected chi connectivity index (χ4v) is 1.94. The van der Waals surface area contributed by atoms with Gasteiger partial charge in [0.05, 0.1) is 5.56 Å². The van der Waals surface area contributed by atoms with Gasteiger partial charge in [0.1, 0.15) is 0 Å². The molecule has 1 aliphatic rings. The number of urea groups is 1. The Hall–Kier alpha value is -2.04. The molecule has 0 aromatic heterocycles. The van der Waals surface area contributed by atoms with Gasteiger partial charge in [0, 0.05) is 13.1 Å². The molecule has 5 heteroatoms. The highest BCUT2D eigenvalue weighted by Gasteiger charge is 2.17. The van der Waals surface area contributed by atoms with Crippen LogP contribution < -0.4 is 10.6 Å². The Morgan fingerprint density at radius 3 is 2.37 bits per heavy atom. The Kier molecular flexibility index (Phi) is 4.39. The largest absolute Gasteiger partial charge is 0.478 e. The third-order valence-electron chi connectivity index (χ3n) is 3.43. The van der Waals surface area contributed by atoms with Gasteiger partial charge in [0.25, 0.3) is 0 Å². The van der Waals surface area contributed by atoms with Crippen LogP contribution in [0.5, 0.6) is 0 Å². The Bertz CT molecular complexity index is 452. The predicted molar refractivity (Wildman–Crippen MR) is 71.0 cm³/mol. The molecule has 1 aromatic carbocycles. The zero-order valence-corrected chi connectivity index (χ0v) is 10.7. The molecule has 2 rings (SSSR count). The van der Waals surface area contributed by atoms with E-state index in [4.69, 9.17) is 5.11 Å². The number of hydrogen-bond acceptors (Lipinski definition) is 2. The molecule has 102 valence electrons. The van der Waals surface area contributed by atoms with E-state index in [2.05, 4.69) is 10.6 Å². The number of nitrogens with one attached hydrogen (secondary N) is 2. The molecule has 0 saturated heterocycles. The summed E-state index contributed by atoms with van der Waals surface area (Å²) in [4.78, 5) is 22.2. The van der Waals surface area contributed by atoms with Gasteiger partial charge in [0.15, 0.2) is 0 Å². The standard InChI is InChI=1S/C14H18N2O3/c17-13(18)12-6-4-11(5-7-12)9-16-14(19)15-8-10-2-1-3-10/h4-7,10H,1-3,8-9H2,(H,17,18)(H2,15,16,19). The van der Waals surface area contributed by atoms with E-state index in [0.717, 1.165) is 12.1 Å². The third-order valence-corrected chi connectivity index (χ3v) is 3.43. The molecule has 0 aliphatic heterocycles. The van der Waals surface area contributed by atoms with Gasteiger partial charge in [-0.25, -0.2) is 9.59 Å². The second-order valence-corrected chi connectivity index (χ2v) is 4.86. The van der Waals surface area contributed by atoms with Crippen LogP contribution in [0.2, 0.25) is 0 Å². The number of hydrogen-bond donors (Lipinski definition) is 3. The summed E-state index contributed by atoms with van der Waals surface area (Å²) < 4.78 is 0. The number of carbonyl (C=O) groups excluding carboxylic acids is 1. The van der Waals surface area contributed by atoms with Gasteiger partial charge in [-0.15, -0.1) is 0 Å². The van der Waals surface area contributed by atoms with E-state index in [-0.39, 0.29) is 11.6 Å². The number of rotatable bonds is 5. The molecule has 0 unspecified atom stereocenters. The van der Waals surface area contributed by atoms with Crippen molar-refractivity contribution >= 4 is 12.0 Å². The van der Waals surface area contributed by atoms with Gasteiger partial charge in [-0.05, 0) is 36.5 Å². The van der Waals surface area contributed by atoms with Gasteiger partial charge in [-0.3, -0.25) is 0 Å². The zero-order chi connectivity index (χ0) is 13.7. The number of aromatic carboxylic acids is 1. The van der Waals surface area contributed by atoms with Crippen LogP contribution in [0.4, 0.5) is 4.79 Å². The first kappa shape index (κ1) is 13.4. The topological polar surface area (TPSA) is 78.4 Å². The fraction of sp³-hybridized carbons (Fsp3) is 0.429. The van der Waals surface area contributed by atoms with Crippen LogP contribution in [0.3, 0.4) is 0 Å². The zero-order valence-electron chi connectivity index (χ0n) is 10.7. The summed E-state index contributed by atoms with van der Waals surface area (Å²) in [5.74, 6) is -0.307. The highest BCUT2D eigenvalue weighted by atomic mass is 16.4. The van der Waals surface area contributed by atoms with Crippen LogP contribution in [0.1, 0.15) is 35.2 Å². The lowest BCUT2D eigenvalue weighted by Crippen LogP contribution is -2.39. The molecule has 0 bridgehead atoms. The van der Waals surface area contributed by atoms with Gasteiger partial charge in [0.2, 0.25) is 0 Å². The first-order valence-corrected chi connectivity index (χ1v) is 6.49. The van der Waals surface area contributed by atoms with E-state index < -0.39 is 5.97 Å². The molecule has 0 atom stereocenters. The normalized spacial score (nSPS) is 14.5. The molecule has 0 heterocycles. The first-order valence-electron chi connectivity index (χ1n) is 6.49. The summed E-state index contributed by atoms with van der Waals surface area (Å²) in [6.07, 6.45) is 3.68. The van der Waals surface area contributed by atoms with Crippen LogP contribution in [-0.4, -0.2) is 23.7 Å². The average Bonchev–Trinajstić information content (AvgIpc) is 2.35. The Morgan fingerprint density at radius 2 is 1.84 bits per heavy atom. The molecular weight excluding hydrogens is 244 g/mol. The van der Waals surface area contributed by atoms with Crippen molar-refractivity contribution in [2.24, 2.45) is 5.92 Å². The van der Waals surface area contributed by atoms with Gasteiger partial charge < -0.3 is 15.7 Å². The molecule has 1 saturated carbocycles. The quantitative estimate of drug-likeness (QED) is 0.759. The third kappa shape index (κ3) is 3.98. The molecule has 1 fully saturated rings. The van der Waals surface area contributed by atoms with Crippen molar-refractivity contribution in [2.75, 3.05) is 6.54 Å². The van der Waals surface area contributed by atoms with Gasteiger partial charge in [-0.2, -0.15) is 0 Å². The maximum absolute atomic E-state index is 11.5. The molecule has 3 N–H and O–H groups in total. The summed E-state index contributed by atoms with van der Waals surface area (Å²) in [6.45, 7) is 1.14. The minimum Gasteiger partial charge on any atom is -0.478 e. The van der Waals surface area contributed by atoms with E-state index >= 15 is 0 Å². The molecule has 0 radical (unpaired) electrons. The highest BCUT2D eigenvalue weighted by molar-refractivity contribution is 5.87. The average molecular weight is 262 g/mol. The van der Waals surface area contributed by atoms with Crippen LogP contribution in [0.25, 0.3) is 0 Å². The van der Waals surface area contributed by atoms with Crippen molar-refractivity contribution in [1.29, 1.82) is 0 Å². The molecule has 19 heavy (non-hydrogen) atoms. The lowest BCUT2D eigenvalue weighted by atomic mass is 9.85. The highest BCUT2D eigenvalue weighted by Crippen LogP contribution is 2.24. The number of benzene rings is 1. The second-order valence-electron chi connectivity index (χ2n) is 4.86. The van der Waals surface area contributed by atoms with Crippen molar-refractivity contribution < 1.29 is 14.7 Å². The van der Waals surface area contributed by atoms with Crippen LogP contribution >= 0.6 is 0 Å². The van der Waals surface area contributed by atoms with E-state index in [0.29, 0.717) is 12.5 Å². The Balaban J connectivity index is 1.71. The molecule has 0 spiro atoms. The lowest BCUT2D eigenvalue weighted by molar-refractivity contribution is 0.0697. The van der Waals surface area contributed by atoms with Crippen molar-refractivity contribution in [2.45, 2.75) is 25.8 Å². The maximum Gasteiger partial charge on any atom is 0.335 e. The fourth-order valence-electron chi connectivity index (χ4n) is 1.94. The first-order chi connectivity index (χ1) is 9.15. The van der Waals surface area contributed by atoms with Crippen molar-refractivity contribution in [3.8, 4) is 0 Å². The number of carbonyl (C=O) groups is 2. The van der Waals surface area contributed by atoms with E-state index in [1.807, 2.05) is 0 Å². The van der Waals surface area contributed by atoms with Crippen molar-refractivity contribution in [1.82, 2.24) is 10.6 Å².